The van der Waals surface area contributed by atoms with Gasteiger partial charge in [0.15, 0.2) is 0 Å². The van der Waals surface area contributed by atoms with Crippen molar-refractivity contribution in [1.29, 1.82) is 0 Å². The van der Waals surface area contributed by atoms with Crippen LogP contribution in [0.2, 0.25) is 0 Å². The van der Waals surface area contributed by atoms with E-state index in [2.05, 4.69) is 0 Å². The lowest BCUT2D eigenvalue weighted by Crippen LogP contribution is -1.83. The largest absolute Gasteiger partial charge is 0.207 e. The second-order valence-corrected chi connectivity index (χ2v) is 2.48. The van der Waals surface area contributed by atoms with Gasteiger partial charge < -0.3 is 0 Å². The van der Waals surface area contributed by atoms with Crippen LogP contribution in [0.15, 0.2) is 24.3 Å². The van der Waals surface area contributed by atoms with E-state index >= 15 is 0 Å². The highest BCUT2D eigenvalue weighted by molar-refractivity contribution is 5.49. The molecule has 1 rings (SSSR count). The number of rotatable bonds is 2. The summed E-state index contributed by atoms with van der Waals surface area (Å²) in [5, 5.41) is 0. The summed E-state index contributed by atoms with van der Waals surface area (Å²) in [6, 6.07) is 3.56. The molecular weight excluding hydrogens is 182 g/mol. The van der Waals surface area contributed by atoms with Crippen LogP contribution in [-0.2, 0) is 0 Å². The van der Waals surface area contributed by atoms with E-state index in [1.54, 1.807) is 6.08 Å². The van der Waals surface area contributed by atoms with Crippen LogP contribution in [0, 0.1) is 11.6 Å². The van der Waals surface area contributed by atoms with Crippen molar-refractivity contribution in [3.05, 3.63) is 41.5 Å². The monoisotopic (exact) mass is 198 g/mol. The molecule has 0 saturated heterocycles. The minimum Gasteiger partial charge on any atom is -0.207 e. The number of allylic oxidation sites excluding steroid dienone is 1. The van der Waals surface area contributed by atoms with Crippen molar-refractivity contribution in [3.63, 3.8) is 0 Å². The second-order valence-electron chi connectivity index (χ2n) is 2.48. The van der Waals surface area contributed by atoms with Crippen molar-refractivity contribution in [2.75, 3.05) is 0 Å². The zero-order chi connectivity index (χ0) is 11.0. The van der Waals surface area contributed by atoms with E-state index in [1.165, 1.54) is 12.1 Å². The molecule has 1 aromatic rings. The van der Waals surface area contributed by atoms with Crippen molar-refractivity contribution >= 4 is 6.08 Å². The summed E-state index contributed by atoms with van der Waals surface area (Å²) in [6.45, 7) is 5.96. The number of hydrogen-bond acceptors (Lipinski definition) is 0. The fraction of sp³-hybridized carbons (Fsp3) is 0.333. The molecule has 0 spiro atoms. The molecule has 2 heteroatoms. The Bertz CT molecular complexity index is 290. The molecule has 0 heterocycles. The molecule has 0 amide bonds. The number of hydrogen-bond donors (Lipinski definition) is 0. The molecule has 0 aliphatic carbocycles. The molecule has 0 aromatic heterocycles. The Labute approximate surface area is 84.3 Å². The van der Waals surface area contributed by atoms with E-state index in [1.807, 2.05) is 26.8 Å². The van der Waals surface area contributed by atoms with Crippen LogP contribution < -0.4 is 0 Å². The Morgan fingerprint density at radius 2 is 1.86 bits per heavy atom. The molecule has 0 aliphatic rings. The first-order valence-corrected chi connectivity index (χ1v) is 4.85. The highest BCUT2D eigenvalue weighted by Gasteiger charge is 1.98. The van der Waals surface area contributed by atoms with Gasteiger partial charge in [-0.1, -0.05) is 32.9 Å². The fourth-order valence-electron chi connectivity index (χ4n) is 0.881. The number of halogens is 2. The zero-order valence-corrected chi connectivity index (χ0v) is 8.85. The molecule has 0 N–H and O–H groups in total. The van der Waals surface area contributed by atoms with Gasteiger partial charge in [0.25, 0.3) is 0 Å². The molecule has 14 heavy (non-hydrogen) atoms. The van der Waals surface area contributed by atoms with Crippen molar-refractivity contribution in [2.45, 2.75) is 27.2 Å². The van der Waals surface area contributed by atoms with Crippen LogP contribution in [0.3, 0.4) is 0 Å². The van der Waals surface area contributed by atoms with E-state index in [0.717, 1.165) is 12.5 Å². The van der Waals surface area contributed by atoms with E-state index in [4.69, 9.17) is 0 Å². The minimum atomic E-state index is -0.541. The molecular formula is C12H16F2. The third-order valence-corrected chi connectivity index (χ3v) is 1.50. The lowest BCUT2D eigenvalue weighted by atomic mass is 10.2. The number of benzene rings is 1. The maximum atomic E-state index is 12.9. The van der Waals surface area contributed by atoms with Crippen LogP contribution in [0.4, 0.5) is 8.78 Å². The topological polar surface area (TPSA) is 0 Å². The first-order valence-electron chi connectivity index (χ1n) is 4.85. The molecule has 0 bridgehead atoms. The van der Waals surface area contributed by atoms with Crippen LogP contribution in [0.5, 0.6) is 0 Å². The van der Waals surface area contributed by atoms with Crippen LogP contribution in [0.25, 0.3) is 6.08 Å². The summed E-state index contributed by atoms with van der Waals surface area (Å²) in [5.41, 5.74) is 0.429. The molecule has 0 nitrogen and oxygen atoms in total. The maximum Gasteiger partial charge on any atom is 0.133 e. The summed E-state index contributed by atoms with van der Waals surface area (Å²) in [6.07, 6.45) is 4.32. The van der Waals surface area contributed by atoms with Gasteiger partial charge in [-0.25, -0.2) is 8.78 Å². The first kappa shape index (κ1) is 12.8. The fourth-order valence-corrected chi connectivity index (χ4v) is 0.881. The van der Waals surface area contributed by atoms with Gasteiger partial charge in [0, 0.05) is 11.6 Å². The zero-order valence-electron chi connectivity index (χ0n) is 8.85. The first-order chi connectivity index (χ1) is 6.74. The lowest BCUT2D eigenvalue weighted by molar-refractivity contribution is 0.581. The maximum absolute atomic E-state index is 12.9. The molecule has 0 radical (unpaired) electrons. The van der Waals surface area contributed by atoms with Gasteiger partial charge in [-0.15, -0.1) is 0 Å². The summed E-state index contributed by atoms with van der Waals surface area (Å²) < 4.78 is 25.3. The second kappa shape index (κ2) is 7.25. The Hall–Kier alpha value is -1.18. The standard InChI is InChI=1S/C10H10F2.C2H6/c1-2-3-4-8-5-6-9(11)7-10(8)12;1-2/h3-7H,2H2,1H3;1-2H3/b4-3+;. The summed E-state index contributed by atoms with van der Waals surface area (Å²) in [5.74, 6) is -1.05. The molecule has 0 fully saturated rings. The van der Waals surface area contributed by atoms with Crippen LogP contribution in [-0.4, -0.2) is 0 Å². The van der Waals surface area contributed by atoms with Gasteiger partial charge in [-0.3, -0.25) is 0 Å². The Morgan fingerprint density at radius 1 is 1.21 bits per heavy atom. The molecule has 0 unspecified atom stereocenters. The van der Waals surface area contributed by atoms with Gasteiger partial charge in [0.05, 0.1) is 0 Å². The average Bonchev–Trinajstić information content (AvgIpc) is 2.20. The molecule has 0 aliphatic heterocycles. The molecule has 0 saturated carbocycles. The smallest absolute Gasteiger partial charge is 0.133 e. The van der Waals surface area contributed by atoms with E-state index in [9.17, 15) is 8.78 Å². The predicted octanol–water partition coefficient (Wildman–Crippen LogP) is 4.41. The minimum absolute atomic E-state index is 0.429. The van der Waals surface area contributed by atoms with Gasteiger partial charge in [0.1, 0.15) is 11.6 Å². The van der Waals surface area contributed by atoms with Crippen molar-refractivity contribution in [1.82, 2.24) is 0 Å². The van der Waals surface area contributed by atoms with E-state index in [-0.39, 0.29) is 0 Å². The SMILES string of the molecule is CC.CC/C=C/c1ccc(F)cc1F. The van der Waals surface area contributed by atoms with Crippen molar-refractivity contribution < 1.29 is 8.78 Å². The van der Waals surface area contributed by atoms with Crippen LogP contribution in [0.1, 0.15) is 32.8 Å². The summed E-state index contributed by atoms with van der Waals surface area (Å²) in [7, 11) is 0. The van der Waals surface area contributed by atoms with E-state index in [0.29, 0.717) is 5.56 Å². The predicted molar refractivity (Wildman–Crippen MR) is 57.0 cm³/mol. The lowest BCUT2D eigenvalue weighted by Gasteiger charge is -1.95. The van der Waals surface area contributed by atoms with Crippen molar-refractivity contribution in [2.24, 2.45) is 0 Å². The quantitative estimate of drug-likeness (QED) is 0.660. The summed E-state index contributed by atoms with van der Waals surface area (Å²) >= 11 is 0. The average molecular weight is 198 g/mol. The van der Waals surface area contributed by atoms with Gasteiger partial charge in [-0.05, 0) is 18.6 Å². The third kappa shape index (κ3) is 4.17. The van der Waals surface area contributed by atoms with Crippen molar-refractivity contribution in [3.8, 4) is 0 Å². The van der Waals surface area contributed by atoms with Gasteiger partial charge in [-0.2, -0.15) is 0 Å². The summed E-state index contributed by atoms with van der Waals surface area (Å²) in [4.78, 5) is 0. The molecule has 1 aromatic carbocycles. The van der Waals surface area contributed by atoms with Gasteiger partial charge in [0.2, 0.25) is 0 Å². The highest BCUT2D eigenvalue weighted by atomic mass is 19.1. The third-order valence-electron chi connectivity index (χ3n) is 1.50. The molecule has 78 valence electrons. The van der Waals surface area contributed by atoms with Crippen LogP contribution >= 0.6 is 0 Å². The molecule has 0 atom stereocenters. The normalized spacial score (nSPS) is 9.79. The van der Waals surface area contributed by atoms with Gasteiger partial charge >= 0.3 is 0 Å². The Balaban J connectivity index is 0.000000791. The van der Waals surface area contributed by atoms with E-state index < -0.39 is 11.6 Å². The Morgan fingerprint density at radius 3 is 2.36 bits per heavy atom. The highest BCUT2D eigenvalue weighted by Crippen LogP contribution is 2.11. The Kier molecular flexibility index (Phi) is 6.63.